The van der Waals surface area contributed by atoms with Gasteiger partial charge in [0.25, 0.3) is 5.66 Å². The van der Waals surface area contributed by atoms with Gasteiger partial charge in [-0.1, -0.05) is 0 Å². The van der Waals surface area contributed by atoms with E-state index in [2.05, 4.69) is 0 Å². The van der Waals surface area contributed by atoms with Crippen molar-refractivity contribution in [3.8, 4) is 0 Å². The fourth-order valence-corrected chi connectivity index (χ4v) is 1.12. The Bertz CT molecular complexity index is 126. The molecule has 0 aromatic rings. The molecule has 0 radical (unpaired) electrons. The lowest BCUT2D eigenvalue weighted by Gasteiger charge is -2.16. The van der Waals surface area contributed by atoms with Crippen LogP contribution in [0.3, 0.4) is 0 Å². The van der Waals surface area contributed by atoms with Crippen LogP contribution in [-0.4, -0.2) is 28.3 Å². The van der Waals surface area contributed by atoms with Gasteiger partial charge >= 0.3 is 0 Å². The summed E-state index contributed by atoms with van der Waals surface area (Å²) in [6.45, 7) is 0.379. The summed E-state index contributed by atoms with van der Waals surface area (Å²) in [5.74, 6) is 0. The summed E-state index contributed by atoms with van der Waals surface area (Å²) in [6.07, 6.45) is -0.965. The van der Waals surface area contributed by atoms with Crippen LogP contribution in [0.25, 0.3) is 0 Å². The molecule has 0 rings (SSSR count). The number of alkyl halides is 2. The SMILES string of the molecule is NCCCC(O)CC(F)(F)PO. The summed E-state index contributed by atoms with van der Waals surface area (Å²) in [6, 6.07) is 0. The molecule has 0 saturated carbocycles. The molecular formula is C6H14F2NO2P. The Labute approximate surface area is 71.8 Å². The first kappa shape index (κ1) is 12.2. The summed E-state index contributed by atoms with van der Waals surface area (Å²) in [7, 11) is -1.44. The second kappa shape index (κ2) is 5.75. The van der Waals surface area contributed by atoms with Gasteiger partial charge in [-0.05, 0) is 19.4 Å². The maximum atomic E-state index is 12.4. The summed E-state index contributed by atoms with van der Waals surface area (Å²) in [4.78, 5) is 8.21. The van der Waals surface area contributed by atoms with Crippen molar-refractivity contribution in [2.24, 2.45) is 5.73 Å². The van der Waals surface area contributed by atoms with Crippen LogP contribution in [0.4, 0.5) is 8.78 Å². The van der Waals surface area contributed by atoms with E-state index in [4.69, 9.17) is 15.7 Å². The van der Waals surface area contributed by atoms with Crippen molar-refractivity contribution >= 4 is 8.81 Å². The highest BCUT2D eigenvalue weighted by Crippen LogP contribution is 2.36. The first-order chi connectivity index (χ1) is 5.52. The molecule has 0 fully saturated rings. The van der Waals surface area contributed by atoms with Gasteiger partial charge in [-0.2, -0.15) is 8.78 Å². The highest BCUT2D eigenvalue weighted by Gasteiger charge is 2.31. The second-order valence-electron chi connectivity index (χ2n) is 2.61. The van der Waals surface area contributed by atoms with Gasteiger partial charge in [0, 0.05) is 6.42 Å². The van der Waals surface area contributed by atoms with Crippen LogP contribution in [0.15, 0.2) is 0 Å². The van der Waals surface area contributed by atoms with Crippen LogP contribution in [0.5, 0.6) is 0 Å². The molecule has 6 heteroatoms. The zero-order valence-corrected chi connectivity index (χ0v) is 7.63. The molecule has 0 amide bonds. The van der Waals surface area contributed by atoms with Crippen molar-refractivity contribution in [1.29, 1.82) is 0 Å². The molecule has 0 bridgehead atoms. The van der Waals surface area contributed by atoms with Crippen molar-refractivity contribution in [2.75, 3.05) is 6.54 Å². The molecule has 0 aromatic carbocycles. The van der Waals surface area contributed by atoms with E-state index in [1.165, 1.54) is 0 Å². The summed E-state index contributed by atoms with van der Waals surface area (Å²) in [5, 5.41) is 9.00. The molecule has 0 aromatic heterocycles. The van der Waals surface area contributed by atoms with E-state index in [0.29, 0.717) is 13.0 Å². The van der Waals surface area contributed by atoms with Crippen LogP contribution >= 0.6 is 8.81 Å². The van der Waals surface area contributed by atoms with E-state index in [1.54, 1.807) is 0 Å². The minimum Gasteiger partial charge on any atom is -0.393 e. The van der Waals surface area contributed by atoms with Gasteiger partial charge < -0.3 is 15.7 Å². The predicted octanol–water partition coefficient (Wildman–Crippen LogP) is 0.655. The number of rotatable bonds is 6. The molecule has 74 valence electrons. The van der Waals surface area contributed by atoms with Crippen LogP contribution in [0, 0.1) is 0 Å². The van der Waals surface area contributed by atoms with E-state index < -0.39 is 27.0 Å². The first-order valence-corrected chi connectivity index (χ1v) is 4.64. The zero-order chi connectivity index (χ0) is 9.61. The number of hydrogen-bond donors (Lipinski definition) is 3. The molecular weight excluding hydrogens is 187 g/mol. The maximum Gasteiger partial charge on any atom is 0.288 e. The Morgan fingerprint density at radius 1 is 1.50 bits per heavy atom. The lowest BCUT2D eigenvalue weighted by atomic mass is 10.1. The van der Waals surface area contributed by atoms with Crippen molar-refractivity contribution in [2.45, 2.75) is 31.0 Å². The number of aliphatic hydroxyl groups is 1. The van der Waals surface area contributed by atoms with Crippen molar-refractivity contribution in [3.05, 3.63) is 0 Å². The van der Waals surface area contributed by atoms with E-state index in [0.717, 1.165) is 0 Å². The third-order valence-corrected chi connectivity index (χ3v) is 1.93. The number of hydrogen-bond acceptors (Lipinski definition) is 3. The standard InChI is InChI=1S/C6H14F2NO2P/c7-6(8,12-11)4-5(10)2-1-3-9/h5,10-12H,1-4,9H2. The smallest absolute Gasteiger partial charge is 0.288 e. The highest BCUT2D eigenvalue weighted by atomic mass is 31.1. The van der Waals surface area contributed by atoms with Gasteiger partial charge in [0.2, 0.25) is 0 Å². The minimum atomic E-state index is -3.14. The minimum absolute atomic E-state index is 0.260. The van der Waals surface area contributed by atoms with E-state index >= 15 is 0 Å². The molecule has 0 heterocycles. The molecule has 0 saturated heterocycles. The Kier molecular flexibility index (Phi) is 5.84. The van der Waals surface area contributed by atoms with Gasteiger partial charge in [-0.25, -0.2) is 0 Å². The molecule has 0 aliphatic carbocycles. The first-order valence-electron chi connectivity index (χ1n) is 3.69. The van der Waals surface area contributed by atoms with Crippen molar-refractivity contribution in [1.82, 2.24) is 0 Å². The number of halogens is 2. The van der Waals surface area contributed by atoms with E-state index in [9.17, 15) is 8.78 Å². The highest BCUT2D eigenvalue weighted by molar-refractivity contribution is 7.32. The molecule has 12 heavy (non-hydrogen) atoms. The Morgan fingerprint density at radius 2 is 2.08 bits per heavy atom. The van der Waals surface area contributed by atoms with Crippen LogP contribution in [0.1, 0.15) is 19.3 Å². The van der Waals surface area contributed by atoms with Crippen LogP contribution in [-0.2, 0) is 0 Å². The summed E-state index contributed by atoms with van der Waals surface area (Å²) in [5.41, 5.74) is 1.98. The van der Waals surface area contributed by atoms with Crippen LogP contribution < -0.4 is 5.73 Å². The van der Waals surface area contributed by atoms with Gasteiger partial charge in [-0.3, -0.25) is 0 Å². The van der Waals surface area contributed by atoms with E-state index in [1.807, 2.05) is 0 Å². The molecule has 0 spiro atoms. The van der Waals surface area contributed by atoms with Crippen molar-refractivity contribution in [3.63, 3.8) is 0 Å². The average Bonchev–Trinajstić information content (AvgIpc) is 2.00. The van der Waals surface area contributed by atoms with Gasteiger partial charge in [-0.15, -0.1) is 0 Å². The Morgan fingerprint density at radius 3 is 2.50 bits per heavy atom. The molecule has 2 unspecified atom stereocenters. The molecule has 4 N–H and O–H groups in total. The predicted molar refractivity (Wildman–Crippen MR) is 44.4 cm³/mol. The average molecular weight is 201 g/mol. The number of nitrogens with two attached hydrogens (primary N) is 1. The third kappa shape index (κ3) is 5.77. The Balaban J connectivity index is 3.60. The lowest BCUT2D eigenvalue weighted by Crippen LogP contribution is -2.20. The molecule has 2 atom stereocenters. The fourth-order valence-electron chi connectivity index (χ4n) is 0.797. The zero-order valence-electron chi connectivity index (χ0n) is 6.63. The van der Waals surface area contributed by atoms with E-state index in [-0.39, 0.29) is 6.42 Å². The van der Waals surface area contributed by atoms with Gasteiger partial charge in [0.1, 0.15) is 0 Å². The fraction of sp³-hybridized carbons (Fsp3) is 1.00. The monoisotopic (exact) mass is 201 g/mol. The summed E-state index contributed by atoms with van der Waals surface area (Å²) >= 11 is 0. The molecule has 3 nitrogen and oxygen atoms in total. The molecule has 0 aliphatic rings. The summed E-state index contributed by atoms with van der Waals surface area (Å²) < 4.78 is 24.8. The maximum absolute atomic E-state index is 12.4. The second-order valence-corrected chi connectivity index (χ2v) is 3.56. The normalized spacial score (nSPS) is 15.8. The van der Waals surface area contributed by atoms with Gasteiger partial charge in [0.15, 0.2) is 0 Å². The third-order valence-electron chi connectivity index (χ3n) is 1.40. The quantitative estimate of drug-likeness (QED) is 0.553. The molecule has 0 aliphatic heterocycles. The van der Waals surface area contributed by atoms with Gasteiger partial charge in [0.05, 0.1) is 14.9 Å². The lowest BCUT2D eigenvalue weighted by molar-refractivity contribution is 0.0226. The number of aliphatic hydroxyl groups excluding tert-OH is 1. The Hall–Kier alpha value is 0.170. The van der Waals surface area contributed by atoms with Crippen LogP contribution in [0.2, 0.25) is 0 Å². The largest absolute Gasteiger partial charge is 0.393 e. The topological polar surface area (TPSA) is 66.5 Å². The van der Waals surface area contributed by atoms with Crippen molar-refractivity contribution < 1.29 is 18.8 Å².